The molecule has 7 nitrogen and oxygen atoms in total. The van der Waals surface area contributed by atoms with Crippen molar-refractivity contribution in [1.82, 2.24) is 9.88 Å². The standard InChI is InChI=1S/C24H23N3O4/c28-23(13-12-22-25-17-8-2-4-10-19(17)31-22)27-16-21(24(29)26-14-6-1-7-15-26)30-20-11-5-3-9-18(20)27/h2-5,8-13,21H,1,6-7,14-16H2/b13-12+/t21-/m0/s1. The van der Waals surface area contributed by atoms with Crippen molar-refractivity contribution in [3.63, 3.8) is 0 Å². The number of piperidine rings is 1. The molecule has 0 spiro atoms. The predicted octanol–water partition coefficient (Wildman–Crippen LogP) is 3.65. The van der Waals surface area contributed by atoms with Crippen LogP contribution < -0.4 is 9.64 Å². The number of rotatable bonds is 3. The van der Waals surface area contributed by atoms with E-state index in [0.717, 1.165) is 37.9 Å². The number of oxazole rings is 1. The molecule has 2 aromatic carbocycles. The smallest absolute Gasteiger partial charge is 0.265 e. The summed E-state index contributed by atoms with van der Waals surface area (Å²) in [5.74, 6) is 0.578. The summed E-state index contributed by atoms with van der Waals surface area (Å²) in [4.78, 5) is 33.9. The van der Waals surface area contributed by atoms with Crippen LogP contribution in [0.3, 0.4) is 0 Å². The molecule has 3 aromatic rings. The number of para-hydroxylation sites is 4. The molecule has 0 saturated carbocycles. The first-order chi connectivity index (χ1) is 15.2. The second-order valence-electron chi connectivity index (χ2n) is 7.76. The lowest BCUT2D eigenvalue weighted by molar-refractivity contribution is -0.139. The third-order valence-corrected chi connectivity index (χ3v) is 5.66. The molecule has 1 fully saturated rings. The van der Waals surface area contributed by atoms with Gasteiger partial charge in [0.25, 0.3) is 11.8 Å². The molecular weight excluding hydrogens is 394 g/mol. The molecule has 1 saturated heterocycles. The Morgan fingerprint density at radius 3 is 2.61 bits per heavy atom. The molecule has 1 atom stereocenters. The van der Waals surface area contributed by atoms with Crippen LogP contribution in [0.5, 0.6) is 5.75 Å². The van der Waals surface area contributed by atoms with E-state index in [1.165, 1.54) is 6.08 Å². The molecule has 1 aromatic heterocycles. The number of aromatic nitrogens is 1. The maximum Gasteiger partial charge on any atom is 0.265 e. The fraction of sp³-hybridized carbons (Fsp3) is 0.292. The van der Waals surface area contributed by atoms with Gasteiger partial charge in [0.15, 0.2) is 11.7 Å². The maximum atomic E-state index is 13.1. The molecule has 0 unspecified atom stereocenters. The number of hydrogen-bond acceptors (Lipinski definition) is 5. The van der Waals surface area contributed by atoms with Crippen molar-refractivity contribution in [3.8, 4) is 5.75 Å². The van der Waals surface area contributed by atoms with E-state index >= 15 is 0 Å². The van der Waals surface area contributed by atoms with Crippen LogP contribution in [0, 0.1) is 0 Å². The summed E-state index contributed by atoms with van der Waals surface area (Å²) < 4.78 is 11.6. The third-order valence-electron chi connectivity index (χ3n) is 5.66. The van der Waals surface area contributed by atoms with Gasteiger partial charge in [-0.3, -0.25) is 9.59 Å². The summed E-state index contributed by atoms with van der Waals surface area (Å²) in [6.45, 7) is 1.65. The maximum absolute atomic E-state index is 13.1. The van der Waals surface area contributed by atoms with E-state index in [2.05, 4.69) is 4.98 Å². The number of amides is 2. The zero-order valence-electron chi connectivity index (χ0n) is 17.1. The summed E-state index contributed by atoms with van der Waals surface area (Å²) >= 11 is 0. The Balaban J connectivity index is 1.38. The lowest BCUT2D eigenvalue weighted by Crippen LogP contribution is -2.52. The second kappa shape index (κ2) is 8.26. The molecule has 0 bridgehead atoms. The van der Waals surface area contributed by atoms with Gasteiger partial charge in [-0.05, 0) is 43.5 Å². The van der Waals surface area contributed by atoms with Crippen LogP contribution in [0.1, 0.15) is 25.2 Å². The van der Waals surface area contributed by atoms with Crippen molar-refractivity contribution in [2.75, 3.05) is 24.5 Å². The summed E-state index contributed by atoms with van der Waals surface area (Å²) in [6, 6.07) is 14.7. The number of anilines is 1. The number of ether oxygens (including phenoxy) is 1. The molecule has 5 rings (SSSR count). The van der Waals surface area contributed by atoms with Crippen LogP contribution >= 0.6 is 0 Å². The van der Waals surface area contributed by atoms with Gasteiger partial charge in [0, 0.05) is 25.2 Å². The monoisotopic (exact) mass is 417 g/mol. The highest BCUT2D eigenvalue weighted by Gasteiger charge is 2.35. The molecule has 158 valence electrons. The first-order valence-electron chi connectivity index (χ1n) is 10.6. The highest BCUT2D eigenvalue weighted by Crippen LogP contribution is 2.34. The van der Waals surface area contributed by atoms with Gasteiger partial charge >= 0.3 is 0 Å². The number of benzene rings is 2. The average molecular weight is 417 g/mol. The second-order valence-corrected chi connectivity index (χ2v) is 7.76. The van der Waals surface area contributed by atoms with Crippen molar-refractivity contribution in [2.24, 2.45) is 0 Å². The van der Waals surface area contributed by atoms with Crippen molar-refractivity contribution in [1.29, 1.82) is 0 Å². The molecule has 3 heterocycles. The fourth-order valence-electron chi connectivity index (χ4n) is 4.08. The molecular formula is C24H23N3O4. The zero-order valence-corrected chi connectivity index (χ0v) is 17.1. The summed E-state index contributed by atoms with van der Waals surface area (Å²) in [6.07, 6.45) is 5.42. The molecule has 2 amide bonds. The van der Waals surface area contributed by atoms with Gasteiger partial charge in [-0.2, -0.15) is 0 Å². The number of likely N-dealkylation sites (tertiary alicyclic amines) is 1. The van der Waals surface area contributed by atoms with Crippen LogP contribution in [0.25, 0.3) is 17.2 Å². The zero-order chi connectivity index (χ0) is 21.2. The molecule has 0 N–H and O–H groups in total. The number of hydrogen-bond donors (Lipinski definition) is 0. The largest absolute Gasteiger partial charge is 0.476 e. The van der Waals surface area contributed by atoms with Gasteiger partial charge in [0.1, 0.15) is 11.3 Å². The number of nitrogens with zero attached hydrogens (tertiary/aromatic N) is 3. The topological polar surface area (TPSA) is 75.9 Å². The van der Waals surface area contributed by atoms with Crippen molar-refractivity contribution < 1.29 is 18.7 Å². The van der Waals surface area contributed by atoms with Gasteiger partial charge in [-0.1, -0.05) is 24.3 Å². The first-order valence-corrected chi connectivity index (χ1v) is 10.6. The average Bonchev–Trinajstić information content (AvgIpc) is 3.25. The van der Waals surface area contributed by atoms with Crippen LogP contribution in [0.4, 0.5) is 5.69 Å². The SMILES string of the molecule is O=C([C@@H]1CN(C(=O)/C=C/c2nc3ccccc3o2)c2ccccc2O1)N1CCCCC1. The molecule has 0 aliphatic carbocycles. The van der Waals surface area contributed by atoms with Gasteiger partial charge in [-0.25, -0.2) is 4.98 Å². The van der Waals surface area contributed by atoms with E-state index in [1.807, 2.05) is 47.4 Å². The van der Waals surface area contributed by atoms with Crippen molar-refractivity contribution >= 4 is 34.7 Å². The van der Waals surface area contributed by atoms with Crippen LogP contribution in [0.15, 0.2) is 59.0 Å². The van der Waals surface area contributed by atoms with E-state index in [4.69, 9.17) is 9.15 Å². The Labute approximate surface area is 179 Å². The number of fused-ring (bicyclic) bond motifs is 2. The van der Waals surface area contributed by atoms with Crippen LogP contribution in [-0.2, 0) is 9.59 Å². The molecule has 2 aliphatic heterocycles. The predicted molar refractivity (Wildman–Crippen MR) is 117 cm³/mol. The van der Waals surface area contributed by atoms with Crippen molar-refractivity contribution in [3.05, 3.63) is 60.5 Å². The minimum atomic E-state index is -0.713. The van der Waals surface area contributed by atoms with Gasteiger partial charge in [0.05, 0.1) is 12.2 Å². The van der Waals surface area contributed by atoms with E-state index in [1.54, 1.807) is 17.0 Å². The normalized spacial score (nSPS) is 18.8. The Bertz CT molecular complexity index is 1110. The van der Waals surface area contributed by atoms with Gasteiger partial charge in [0.2, 0.25) is 5.89 Å². The van der Waals surface area contributed by atoms with Crippen LogP contribution in [0.2, 0.25) is 0 Å². The minimum absolute atomic E-state index is 0.0602. The molecule has 7 heteroatoms. The quantitative estimate of drug-likeness (QED) is 0.608. The summed E-state index contributed by atoms with van der Waals surface area (Å²) in [5, 5.41) is 0. The van der Waals surface area contributed by atoms with E-state index in [0.29, 0.717) is 22.9 Å². The Hall–Kier alpha value is -3.61. The molecule has 31 heavy (non-hydrogen) atoms. The van der Waals surface area contributed by atoms with Crippen molar-refractivity contribution in [2.45, 2.75) is 25.4 Å². The lowest BCUT2D eigenvalue weighted by Gasteiger charge is -2.37. The highest BCUT2D eigenvalue weighted by atomic mass is 16.5. The highest BCUT2D eigenvalue weighted by molar-refractivity contribution is 6.05. The molecule has 0 radical (unpaired) electrons. The summed E-state index contributed by atoms with van der Waals surface area (Å²) in [5.41, 5.74) is 2.05. The fourth-order valence-corrected chi connectivity index (χ4v) is 4.08. The summed E-state index contributed by atoms with van der Waals surface area (Å²) in [7, 11) is 0. The third kappa shape index (κ3) is 3.91. The van der Waals surface area contributed by atoms with Gasteiger partial charge in [-0.15, -0.1) is 0 Å². The number of carbonyl (C=O) groups excluding carboxylic acids is 2. The Kier molecular flexibility index (Phi) is 5.16. The Morgan fingerprint density at radius 1 is 1.00 bits per heavy atom. The van der Waals surface area contributed by atoms with E-state index in [9.17, 15) is 9.59 Å². The van der Waals surface area contributed by atoms with E-state index < -0.39 is 6.10 Å². The lowest BCUT2D eigenvalue weighted by atomic mass is 10.1. The van der Waals surface area contributed by atoms with E-state index in [-0.39, 0.29) is 18.4 Å². The number of carbonyl (C=O) groups is 2. The first kappa shape index (κ1) is 19.4. The van der Waals surface area contributed by atoms with Gasteiger partial charge < -0.3 is 19.0 Å². The molecule has 2 aliphatic rings. The minimum Gasteiger partial charge on any atom is -0.476 e. The van der Waals surface area contributed by atoms with Crippen LogP contribution in [-0.4, -0.2) is 47.4 Å². The Morgan fingerprint density at radius 2 is 1.77 bits per heavy atom.